The number of nitrogens with two attached hydrogens (primary N) is 1. The molecule has 1 aromatic rings. The SMILES string of the molecule is COc1ccc(CCNC(=O)C2(CN)CC2)cc1F. The van der Waals surface area contributed by atoms with Gasteiger partial charge in [0.05, 0.1) is 12.5 Å². The maximum Gasteiger partial charge on any atom is 0.227 e. The van der Waals surface area contributed by atoms with Gasteiger partial charge in [0.15, 0.2) is 11.6 Å². The predicted octanol–water partition coefficient (Wildman–Crippen LogP) is 1.23. The second-order valence-electron chi connectivity index (χ2n) is 4.96. The first kappa shape index (κ1) is 13.8. The first-order chi connectivity index (χ1) is 9.11. The molecule has 0 saturated heterocycles. The summed E-state index contributed by atoms with van der Waals surface area (Å²) in [5.74, 6) is -0.135. The van der Waals surface area contributed by atoms with Gasteiger partial charge in [-0.2, -0.15) is 0 Å². The molecule has 5 heteroatoms. The van der Waals surface area contributed by atoms with Gasteiger partial charge in [0.1, 0.15) is 0 Å². The Bertz CT molecular complexity index is 473. The maximum atomic E-state index is 13.5. The average molecular weight is 266 g/mol. The molecule has 3 N–H and O–H groups in total. The smallest absolute Gasteiger partial charge is 0.227 e. The summed E-state index contributed by atoms with van der Waals surface area (Å²) in [5, 5.41) is 2.86. The van der Waals surface area contributed by atoms with E-state index >= 15 is 0 Å². The van der Waals surface area contributed by atoms with Crippen LogP contribution in [-0.4, -0.2) is 26.1 Å². The number of amides is 1. The van der Waals surface area contributed by atoms with E-state index in [4.69, 9.17) is 10.5 Å². The van der Waals surface area contributed by atoms with Crippen molar-refractivity contribution in [2.24, 2.45) is 11.1 Å². The Hall–Kier alpha value is -1.62. The summed E-state index contributed by atoms with van der Waals surface area (Å²) in [5.41, 5.74) is 6.08. The van der Waals surface area contributed by atoms with Gasteiger partial charge in [-0.3, -0.25) is 4.79 Å². The van der Waals surface area contributed by atoms with Crippen LogP contribution in [0.3, 0.4) is 0 Å². The standard InChI is InChI=1S/C14H19FN2O2/c1-19-12-3-2-10(8-11(12)15)4-7-17-13(18)14(9-16)5-6-14/h2-3,8H,4-7,9,16H2,1H3,(H,17,18). The van der Waals surface area contributed by atoms with Crippen molar-refractivity contribution in [1.82, 2.24) is 5.32 Å². The molecule has 104 valence electrons. The molecule has 1 aromatic carbocycles. The molecule has 0 aliphatic heterocycles. The minimum atomic E-state index is -0.382. The summed E-state index contributed by atoms with van der Waals surface area (Å²) < 4.78 is 18.3. The highest BCUT2D eigenvalue weighted by Gasteiger charge is 2.48. The first-order valence-electron chi connectivity index (χ1n) is 6.42. The van der Waals surface area contributed by atoms with Gasteiger partial charge < -0.3 is 15.8 Å². The van der Waals surface area contributed by atoms with Gasteiger partial charge in [-0.05, 0) is 37.0 Å². The zero-order chi connectivity index (χ0) is 13.9. The summed E-state index contributed by atoms with van der Waals surface area (Å²) in [6.45, 7) is 0.891. The van der Waals surface area contributed by atoms with Crippen molar-refractivity contribution in [2.75, 3.05) is 20.2 Å². The van der Waals surface area contributed by atoms with Crippen LogP contribution < -0.4 is 15.8 Å². The van der Waals surface area contributed by atoms with E-state index in [1.807, 2.05) is 0 Å². The van der Waals surface area contributed by atoms with Crippen LogP contribution in [0.2, 0.25) is 0 Å². The van der Waals surface area contributed by atoms with E-state index in [2.05, 4.69) is 5.32 Å². The fourth-order valence-electron chi connectivity index (χ4n) is 2.05. The lowest BCUT2D eigenvalue weighted by Gasteiger charge is -2.12. The average Bonchev–Trinajstić information content (AvgIpc) is 3.20. The molecule has 0 aromatic heterocycles. The third kappa shape index (κ3) is 3.04. The quantitative estimate of drug-likeness (QED) is 0.814. The second-order valence-corrected chi connectivity index (χ2v) is 4.96. The molecule has 2 rings (SSSR count). The number of carbonyl (C=O) groups excluding carboxylic acids is 1. The molecule has 1 aliphatic rings. The Balaban J connectivity index is 1.83. The Kier molecular flexibility index (Phi) is 4.04. The minimum Gasteiger partial charge on any atom is -0.494 e. The summed E-state index contributed by atoms with van der Waals surface area (Å²) >= 11 is 0. The molecule has 0 unspecified atom stereocenters. The van der Waals surface area contributed by atoms with Gasteiger partial charge in [0.2, 0.25) is 5.91 Å². The molecule has 4 nitrogen and oxygen atoms in total. The van der Waals surface area contributed by atoms with E-state index in [-0.39, 0.29) is 22.9 Å². The normalized spacial score (nSPS) is 15.9. The molecule has 1 aliphatic carbocycles. The van der Waals surface area contributed by atoms with Gasteiger partial charge in [0, 0.05) is 13.1 Å². The Morgan fingerprint density at radius 2 is 2.26 bits per heavy atom. The molecule has 1 saturated carbocycles. The fourth-order valence-corrected chi connectivity index (χ4v) is 2.05. The number of rotatable bonds is 6. The lowest BCUT2D eigenvalue weighted by Crippen LogP contribution is -2.37. The van der Waals surface area contributed by atoms with Gasteiger partial charge in [-0.1, -0.05) is 6.07 Å². The molecule has 1 fully saturated rings. The first-order valence-corrected chi connectivity index (χ1v) is 6.42. The monoisotopic (exact) mass is 266 g/mol. The van der Waals surface area contributed by atoms with Crippen molar-refractivity contribution in [2.45, 2.75) is 19.3 Å². The molecule has 0 spiro atoms. The molecule has 19 heavy (non-hydrogen) atoms. The summed E-state index contributed by atoms with van der Waals surface area (Å²) in [6.07, 6.45) is 2.33. The highest BCUT2D eigenvalue weighted by atomic mass is 19.1. The zero-order valence-electron chi connectivity index (χ0n) is 11.0. The van der Waals surface area contributed by atoms with Crippen LogP contribution in [0.5, 0.6) is 5.75 Å². The van der Waals surface area contributed by atoms with Crippen LogP contribution in [0.25, 0.3) is 0 Å². The van der Waals surface area contributed by atoms with E-state index in [0.29, 0.717) is 19.5 Å². The molecule has 0 bridgehead atoms. The number of benzene rings is 1. The minimum absolute atomic E-state index is 0.0176. The van der Waals surface area contributed by atoms with Crippen LogP contribution in [-0.2, 0) is 11.2 Å². The summed E-state index contributed by atoms with van der Waals surface area (Å²) in [7, 11) is 1.43. The lowest BCUT2D eigenvalue weighted by atomic mass is 10.1. The van der Waals surface area contributed by atoms with Crippen molar-refractivity contribution in [3.05, 3.63) is 29.6 Å². The van der Waals surface area contributed by atoms with Crippen molar-refractivity contribution < 1.29 is 13.9 Å². The topological polar surface area (TPSA) is 64.3 Å². The van der Waals surface area contributed by atoms with Crippen LogP contribution in [0.4, 0.5) is 4.39 Å². The van der Waals surface area contributed by atoms with E-state index in [1.54, 1.807) is 12.1 Å². The van der Waals surface area contributed by atoms with Crippen molar-refractivity contribution in [3.8, 4) is 5.75 Å². The molecular weight excluding hydrogens is 247 g/mol. The highest BCUT2D eigenvalue weighted by Crippen LogP contribution is 2.44. The van der Waals surface area contributed by atoms with Crippen molar-refractivity contribution >= 4 is 5.91 Å². The predicted molar refractivity (Wildman–Crippen MR) is 70.4 cm³/mol. The molecular formula is C14H19FN2O2. The number of nitrogens with one attached hydrogen (secondary N) is 1. The van der Waals surface area contributed by atoms with Crippen LogP contribution in [0.1, 0.15) is 18.4 Å². The largest absolute Gasteiger partial charge is 0.494 e. The van der Waals surface area contributed by atoms with Gasteiger partial charge in [-0.15, -0.1) is 0 Å². The van der Waals surface area contributed by atoms with Gasteiger partial charge in [0.25, 0.3) is 0 Å². The third-order valence-corrected chi connectivity index (χ3v) is 3.64. The molecule has 0 radical (unpaired) electrons. The van der Waals surface area contributed by atoms with E-state index in [1.165, 1.54) is 13.2 Å². The number of methoxy groups -OCH3 is 1. The lowest BCUT2D eigenvalue weighted by molar-refractivity contribution is -0.125. The fraction of sp³-hybridized carbons (Fsp3) is 0.500. The second kappa shape index (κ2) is 5.57. The van der Waals surface area contributed by atoms with Crippen LogP contribution in [0.15, 0.2) is 18.2 Å². The maximum absolute atomic E-state index is 13.5. The van der Waals surface area contributed by atoms with E-state index in [0.717, 1.165) is 18.4 Å². The van der Waals surface area contributed by atoms with Gasteiger partial charge in [-0.25, -0.2) is 4.39 Å². The molecule has 0 heterocycles. The summed E-state index contributed by atoms with van der Waals surface area (Å²) in [4.78, 5) is 11.8. The third-order valence-electron chi connectivity index (χ3n) is 3.64. The van der Waals surface area contributed by atoms with Crippen molar-refractivity contribution in [3.63, 3.8) is 0 Å². The Labute approximate surface area is 112 Å². The Morgan fingerprint density at radius 1 is 1.53 bits per heavy atom. The van der Waals surface area contributed by atoms with Crippen LogP contribution >= 0.6 is 0 Å². The number of halogens is 1. The summed E-state index contributed by atoms with van der Waals surface area (Å²) in [6, 6.07) is 4.82. The number of hydrogen-bond donors (Lipinski definition) is 2. The van der Waals surface area contributed by atoms with Crippen molar-refractivity contribution in [1.29, 1.82) is 0 Å². The zero-order valence-corrected chi connectivity index (χ0v) is 11.0. The number of ether oxygens (including phenoxy) is 1. The molecule has 1 amide bonds. The number of hydrogen-bond acceptors (Lipinski definition) is 3. The van der Waals surface area contributed by atoms with E-state index in [9.17, 15) is 9.18 Å². The number of carbonyl (C=O) groups is 1. The van der Waals surface area contributed by atoms with Gasteiger partial charge >= 0.3 is 0 Å². The Morgan fingerprint density at radius 3 is 2.79 bits per heavy atom. The van der Waals surface area contributed by atoms with E-state index < -0.39 is 0 Å². The highest BCUT2D eigenvalue weighted by molar-refractivity contribution is 5.85. The molecule has 0 atom stereocenters. The van der Waals surface area contributed by atoms with Crippen LogP contribution in [0, 0.1) is 11.2 Å².